The maximum atomic E-state index is 11.7. The smallest absolute Gasteiger partial charge is 0.342 e. The summed E-state index contributed by atoms with van der Waals surface area (Å²) < 4.78 is 1.26. The van der Waals surface area contributed by atoms with Gasteiger partial charge in [0.25, 0.3) is 5.56 Å². The fourth-order valence-electron chi connectivity index (χ4n) is 2.38. The van der Waals surface area contributed by atoms with Crippen LogP contribution in [-0.2, 0) is 6.54 Å². The average molecular weight is 267 g/mol. The molecule has 0 saturated carbocycles. The monoisotopic (exact) mass is 267 g/mol. The minimum absolute atomic E-state index is 0.132. The second-order valence-corrected chi connectivity index (χ2v) is 4.85. The van der Waals surface area contributed by atoms with Crippen LogP contribution in [-0.4, -0.2) is 44.7 Å². The van der Waals surface area contributed by atoms with Gasteiger partial charge in [0.15, 0.2) is 0 Å². The molecular formula is C12H17N3O4. The van der Waals surface area contributed by atoms with Crippen LogP contribution in [0.3, 0.4) is 0 Å². The second kappa shape index (κ2) is 5.40. The van der Waals surface area contributed by atoms with Crippen molar-refractivity contribution in [2.75, 3.05) is 13.1 Å². The zero-order valence-corrected chi connectivity index (χ0v) is 10.8. The molecule has 104 valence electrons. The summed E-state index contributed by atoms with van der Waals surface area (Å²) in [6.07, 6.45) is 3.41. The average Bonchev–Trinajstić information content (AvgIpc) is 2.85. The summed E-state index contributed by atoms with van der Waals surface area (Å²) in [5.41, 5.74) is -1.84. The Balaban J connectivity index is 2.24. The molecule has 0 amide bonds. The van der Waals surface area contributed by atoms with Gasteiger partial charge in [0.05, 0.1) is 0 Å². The van der Waals surface area contributed by atoms with Gasteiger partial charge in [0.2, 0.25) is 0 Å². The topological polar surface area (TPSA) is 95.4 Å². The van der Waals surface area contributed by atoms with Gasteiger partial charge in [-0.1, -0.05) is 0 Å². The quantitative estimate of drug-likeness (QED) is 0.782. The molecule has 1 aliphatic rings. The number of hydrogen-bond acceptors (Lipinski definition) is 4. The molecular weight excluding hydrogens is 250 g/mol. The summed E-state index contributed by atoms with van der Waals surface area (Å²) in [5, 5.41) is 8.88. The first kappa shape index (κ1) is 13.5. The number of rotatable bonds is 4. The largest absolute Gasteiger partial charge is 0.477 e. The molecule has 0 aromatic carbocycles. The molecule has 0 bridgehead atoms. The highest BCUT2D eigenvalue weighted by Crippen LogP contribution is 2.12. The van der Waals surface area contributed by atoms with Crippen LogP contribution in [0.1, 0.15) is 30.1 Å². The van der Waals surface area contributed by atoms with Crippen LogP contribution < -0.4 is 11.2 Å². The Morgan fingerprint density at radius 1 is 1.42 bits per heavy atom. The number of aromatic nitrogens is 2. The van der Waals surface area contributed by atoms with E-state index in [0.29, 0.717) is 6.54 Å². The highest BCUT2D eigenvalue weighted by molar-refractivity contribution is 5.86. The number of nitrogens with one attached hydrogen (secondary N) is 1. The minimum Gasteiger partial charge on any atom is -0.477 e. The number of carboxylic acid groups (broad SMARTS) is 1. The van der Waals surface area contributed by atoms with E-state index in [1.165, 1.54) is 4.57 Å². The van der Waals surface area contributed by atoms with E-state index < -0.39 is 22.8 Å². The first-order chi connectivity index (χ1) is 8.99. The molecule has 1 atom stereocenters. The molecule has 1 aliphatic heterocycles. The van der Waals surface area contributed by atoms with E-state index in [9.17, 15) is 14.4 Å². The summed E-state index contributed by atoms with van der Waals surface area (Å²) in [5.74, 6) is -1.33. The molecule has 1 aromatic heterocycles. The van der Waals surface area contributed by atoms with E-state index >= 15 is 0 Å². The van der Waals surface area contributed by atoms with Crippen molar-refractivity contribution in [1.82, 2.24) is 14.5 Å². The van der Waals surface area contributed by atoms with Crippen molar-refractivity contribution in [1.29, 1.82) is 0 Å². The van der Waals surface area contributed by atoms with Crippen molar-refractivity contribution in [2.45, 2.75) is 32.4 Å². The van der Waals surface area contributed by atoms with Crippen LogP contribution in [0.25, 0.3) is 0 Å². The molecule has 2 N–H and O–H groups in total. The third-order valence-electron chi connectivity index (χ3n) is 3.47. The second-order valence-electron chi connectivity index (χ2n) is 4.85. The molecule has 0 radical (unpaired) electrons. The van der Waals surface area contributed by atoms with Gasteiger partial charge >= 0.3 is 11.7 Å². The Kier molecular flexibility index (Phi) is 3.84. The van der Waals surface area contributed by atoms with E-state index in [2.05, 4.69) is 4.90 Å². The van der Waals surface area contributed by atoms with Gasteiger partial charge < -0.3 is 5.11 Å². The lowest BCUT2D eigenvalue weighted by molar-refractivity contribution is 0.0693. The Morgan fingerprint density at radius 3 is 2.63 bits per heavy atom. The van der Waals surface area contributed by atoms with Gasteiger partial charge in [-0.05, 0) is 32.9 Å². The lowest BCUT2D eigenvalue weighted by Gasteiger charge is -2.24. The van der Waals surface area contributed by atoms with Crippen molar-refractivity contribution in [3.05, 3.63) is 32.6 Å². The lowest BCUT2D eigenvalue weighted by atomic mass is 10.3. The number of aromatic carboxylic acids is 1. The predicted molar refractivity (Wildman–Crippen MR) is 68.6 cm³/mol. The van der Waals surface area contributed by atoms with E-state index in [0.717, 1.165) is 32.1 Å². The highest BCUT2D eigenvalue weighted by Gasteiger charge is 2.19. The number of aromatic amines is 1. The van der Waals surface area contributed by atoms with Crippen molar-refractivity contribution in [2.24, 2.45) is 0 Å². The number of carbonyl (C=O) groups is 1. The molecule has 7 nitrogen and oxygen atoms in total. The number of nitrogens with zero attached hydrogens (tertiary/aromatic N) is 2. The van der Waals surface area contributed by atoms with Crippen LogP contribution in [0.4, 0.5) is 0 Å². The van der Waals surface area contributed by atoms with Gasteiger partial charge in [0.1, 0.15) is 5.56 Å². The lowest BCUT2D eigenvalue weighted by Crippen LogP contribution is -2.40. The van der Waals surface area contributed by atoms with E-state index in [-0.39, 0.29) is 6.04 Å². The fraction of sp³-hybridized carbons (Fsp3) is 0.583. The number of carboxylic acids is 1. The molecule has 19 heavy (non-hydrogen) atoms. The molecule has 0 aliphatic carbocycles. The molecule has 0 spiro atoms. The zero-order chi connectivity index (χ0) is 14.0. The van der Waals surface area contributed by atoms with Gasteiger partial charge in [-0.2, -0.15) is 0 Å². The summed E-state index contributed by atoms with van der Waals surface area (Å²) in [7, 11) is 0. The van der Waals surface area contributed by atoms with E-state index in [1.807, 2.05) is 11.9 Å². The Labute approximate surface area is 109 Å². The van der Waals surface area contributed by atoms with Crippen LogP contribution in [0.5, 0.6) is 0 Å². The first-order valence-electron chi connectivity index (χ1n) is 6.30. The molecule has 2 rings (SSSR count). The van der Waals surface area contributed by atoms with Gasteiger partial charge in [-0.25, -0.2) is 9.59 Å². The molecule has 1 fully saturated rings. The standard InChI is InChI=1S/C12H17N3O4/c1-8(14-4-2-3-5-14)6-15-7-9(11(17)18)10(16)13-12(15)19/h7-8H,2-6H2,1H3,(H,17,18)(H,13,16,19). The molecule has 1 aromatic rings. The SMILES string of the molecule is CC(Cn1cc(C(=O)O)c(=O)[nH]c1=O)N1CCCC1. The maximum absolute atomic E-state index is 11.7. The summed E-state index contributed by atoms with van der Waals surface area (Å²) >= 11 is 0. The number of hydrogen-bond donors (Lipinski definition) is 2. The normalized spacial score (nSPS) is 17.5. The van der Waals surface area contributed by atoms with Crippen LogP contribution in [0.15, 0.2) is 15.8 Å². The Bertz CT molecular complexity index is 583. The van der Waals surface area contributed by atoms with E-state index in [4.69, 9.17) is 5.11 Å². The van der Waals surface area contributed by atoms with Crippen LogP contribution in [0.2, 0.25) is 0 Å². The first-order valence-corrected chi connectivity index (χ1v) is 6.30. The fourth-order valence-corrected chi connectivity index (χ4v) is 2.38. The molecule has 1 unspecified atom stereocenters. The summed E-state index contributed by atoms with van der Waals surface area (Å²) in [6, 6.07) is 0.132. The predicted octanol–water partition coefficient (Wildman–Crippen LogP) is -0.281. The highest BCUT2D eigenvalue weighted by atomic mass is 16.4. The molecule has 1 saturated heterocycles. The van der Waals surface area contributed by atoms with Crippen molar-refractivity contribution in [3.8, 4) is 0 Å². The number of likely N-dealkylation sites (tertiary alicyclic amines) is 1. The molecule has 2 heterocycles. The third kappa shape index (κ3) is 2.93. The summed E-state index contributed by atoms with van der Waals surface area (Å²) in [6.45, 7) is 4.34. The molecule has 7 heteroatoms. The zero-order valence-electron chi connectivity index (χ0n) is 10.8. The van der Waals surface area contributed by atoms with Crippen molar-refractivity contribution < 1.29 is 9.90 Å². The van der Waals surface area contributed by atoms with Crippen molar-refractivity contribution >= 4 is 5.97 Å². The Hall–Kier alpha value is -1.89. The van der Waals surface area contributed by atoms with Crippen LogP contribution >= 0.6 is 0 Å². The Morgan fingerprint density at radius 2 is 2.05 bits per heavy atom. The maximum Gasteiger partial charge on any atom is 0.342 e. The summed E-state index contributed by atoms with van der Waals surface area (Å²) in [4.78, 5) is 38.1. The van der Waals surface area contributed by atoms with Gasteiger partial charge in [-0.3, -0.25) is 19.2 Å². The third-order valence-corrected chi connectivity index (χ3v) is 3.47. The van der Waals surface area contributed by atoms with Gasteiger partial charge in [0, 0.05) is 18.8 Å². The number of H-pyrrole nitrogens is 1. The van der Waals surface area contributed by atoms with Gasteiger partial charge in [-0.15, -0.1) is 0 Å². The van der Waals surface area contributed by atoms with Crippen molar-refractivity contribution in [3.63, 3.8) is 0 Å². The van der Waals surface area contributed by atoms with Crippen LogP contribution in [0, 0.1) is 0 Å². The van der Waals surface area contributed by atoms with E-state index in [1.54, 1.807) is 0 Å². The minimum atomic E-state index is -1.33.